The molecule has 1 aliphatic carbocycles. The first-order chi connectivity index (χ1) is 6.59. The molecule has 3 heteroatoms. The van der Waals surface area contributed by atoms with Gasteiger partial charge >= 0.3 is 0 Å². The van der Waals surface area contributed by atoms with Gasteiger partial charge in [-0.25, -0.2) is 0 Å². The Bertz CT molecular complexity index is 194. The summed E-state index contributed by atoms with van der Waals surface area (Å²) >= 11 is 0. The molecule has 0 spiro atoms. The van der Waals surface area contributed by atoms with Crippen molar-refractivity contribution in [2.24, 2.45) is 17.6 Å². The molecular formula is C11H23NOS. The van der Waals surface area contributed by atoms with Crippen molar-refractivity contribution < 1.29 is 4.21 Å². The normalized spacial score (nSPS) is 29.7. The van der Waals surface area contributed by atoms with Gasteiger partial charge in [0.1, 0.15) is 0 Å². The van der Waals surface area contributed by atoms with Gasteiger partial charge in [0.05, 0.1) is 0 Å². The van der Waals surface area contributed by atoms with Crippen LogP contribution < -0.4 is 5.73 Å². The first-order valence-electron chi connectivity index (χ1n) is 5.70. The largest absolute Gasteiger partial charge is 0.327 e. The quantitative estimate of drug-likeness (QED) is 0.764. The summed E-state index contributed by atoms with van der Waals surface area (Å²) in [4.78, 5) is 0. The van der Waals surface area contributed by atoms with Crippen LogP contribution in [0.3, 0.4) is 0 Å². The molecule has 3 atom stereocenters. The van der Waals surface area contributed by atoms with Crippen LogP contribution in [0.25, 0.3) is 0 Å². The molecule has 14 heavy (non-hydrogen) atoms. The third kappa shape index (κ3) is 4.09. The lowest BCUT2D eigenvalue weighted by Crippen LogP contribution is -2.26. The first-order valence-corrected chi connectivity index (χ1v) is 7.19. The lowest BCUT2D eigenvalue weighted by Gasteiger charge is -2.14. The minimum atomic E-state index is -0.617. The highest BCUT2D eigenvalue weighted by Crippen LogP contribution is 2.26. The molecule has 0 amide bonds. The maximum Gasteiger partial charge on any atom is 0.0257 e. The Hall–Kier alpha value is 0.110. The third-order valence-corrected chi connectivity index (χ3v) is 4.68. The van der Waals surface area contributed by atoms with Crippen LogP contribution in [-0.2, 0) is 10.8 Å². The van der Waals surface area contributed by atoms with E-state index in [-0.39, 0.29) is 0 Å². The molecule has 1 fully saturated rings. The Morgan fingerprint density at radius 2 is 2.14 bits per heavy atom. The van der Waals surface area contributed by atoms with Crippen LogP contribution in [0.1, 0.15) is 39.5 Å². The first kappa shape index (κ1) is 12.2. The Balaban J connectivity index is 2.16. The van der Waals surface area contributed by atoms with Crippen LogP contribution in [-0.4, -0.2) is 21.8 Å². The van der Waals surface area contributed by atoms with Gasteiger partial charge in [-0.1, -0.05) is 20.3 Å². The number of hydrogen-bond acceptors (Lipinski definition) is 2. The van der Waals surface area contributed by atoms with E-state index in [1.807, 2.05) is 0 Å². The number of nitrogens with two attached hydrogens (primary N) is 1. The fraction of sp³-hybridized carbons (Fsp3) is 1.00. The van der Waals surface area contributed by atoms with E-state index in [0.717, 1.165) is 17.9 Å². The van der Waals surface area contributed by atoms with Gasteiger partial charge in [0.15, 0.2) is 0 Å². The average Bonchev–Trinajstić information content (AvgIpc) is 2.46. The Kier molecular flexibility index (Phi) is 5.10. The van der Waals surface area contributed by atoms with Crippen molar-refractivity contribution in [2.45, 2.75) is 45.6 Å². The predicted molar refractivity (Wildman–Crippen MR) is 62.6 cm³/mol. The van der Waals surface area contributed by atoms with Crippen molar-refractivity contribution in [1.29, 1.82) is 0 Å². The monoisotopic (exact) mass is 217 g/mol. The van der Waals surface area contributed by atoms with Gasteiger partial charge in [-0.15, -0.1) is 0 Å². The van der Waals surface area contributed by atoms with Gasteiger partial charge in [-0.2, -0.15) is 0 Å². The summed E-state index contributed by atoms with van der Waals surface area (Å²) in [5.41, 5.74) is 5.97. The minimum Gasteiger partial charge on any atom is -0.327 e. The Morgan fingerprint density at radius 1 is 1.43 bits per heavy atom. The summed E-state index contributed by atoms with van der Waals surface area (Å²) in [6.07, 6.45) is 4.75. The third-order valence-electron chi connectivity index (χ3n) is 2.95. The van der Waals surface area contributed by atoms with Gasteiger partial charge in [0.2, 0.25) is 0 Å². The van der Waals surface area contributed by atoms with Crippen LogP contribution in [0.4, 0.5) is 0 Å². The zero-order chi connectivity index (χ0) is 10.6. The zero-order valence-corrected chi connectivity index (χ0v) is 10.2. The fourth-order valence-corrected chi connectivity index (χ4v) is 3.64. The molecule has 2 nitrogen and oxygen atoms in total. The topological polar surface area (TPSA) is 43.1 Å². The summed E-state index contributed by atoms with van der Waals surface area (Å²) in [7, 11) is -0.617. The van der Waals surface area contributed by atoms with Crippen LogP contribution in [0.2, 0.25) is 0 Å². The second-order valence-electron chi connectivity index (χ2n) is 4.85. The summed E-state index contributed by atoms with van der Waals surface area (Å²) < 4.78 is 11.6. The average molecular weight is 217 g/mol. The lowest BCUT2D eigenvalue weighted by molar-refractivity contribution is 0.468. The molecule has 0 aliphatic heterocycles. The second-order valence-corrected chi connectivity index (χ2v) is 6.47. The van der Waals surface area contributed by atoms with E-state index in [0.29, 0.717) is 17.9 Å². The molecule has 1 aliphatic rings. The highest BCUT2D eigenvalue weighted by Gasteiger charge is 2.23. The van der Waals surface area contributed by atoms with E-state index >= 15 is 0 Å². The van der Waals surface area contributed by atoms with Crippen molar-refractivity contribution in [1.82, 2.24) is 0 Å². The summed E-state index contributed by atoms with van der Waals surface area (Å²) in [5.74, 6) is 2.90. The maximum absolute atomic E-state index is 11.6. The summed E-state index contributed by atoms with van der Waals surface area (Å²) in [6, 6.07) is 0.381. The van der Waals surface area contributed by atoms with Crippen LogP contribution in [0, 0.1) is 11.8 Å². The number of rotatable bonds is 5. The maximum atomic E-state index is 11.6. The molecule has 0 bridgehead atoms. The molecule has 0 saturated heterocycles. The molecule has 84 valence electrons. The Labute approximate surface area is 90.1 Å². The second kappa shape index (κ2) is 5.86. The SMILES string of the molecule is CC(C)CS(=O)CCC1CCCC1N. The summed E-state index contributed by atoms with van der Waals surface area (Å²) in [5, 5.41) is 0. The van der Waals surface area contributed by atoms with E-state index in [9.17, 15) is 4.21 Å². The molecule has 0 heterocycles. The molecule has 0 aromatic carbocycles. The molecule has 1 saturated carbocycles. The highest BCUT2D eigenvalue weighted by molar-refractivity contribution is 7.84. The van der Waals surface area contributed by atoms with Gasteiger partial charge in [0.25, 0.3) is 0 Å². The highest BCUT2D eigenvalue weighted by atomic mass is 32.2. The van der Waals surface area contributed by atoms with E-state index in [2.05, 4.69) is 13.8 Å². The van der Waals surface area contributed by atoms with Gasteiger partial charge < -0.3 is 5.73 Å². The Morgan fingerprint density at radius 3 is 2.64 bits per heavy atom. The zero-order valence-electron chi connectivity index (χ0n) is 9.37. The van der Waals surface area contributed by atoms with E-state index < -0.39 is 10.8 Å². The molecule has 0 radical (unpaired) electrons. The van der Waals surface area contributed by atoms with E-state index in [4.69, 9.17) is 5.73 Å². The van der Waals surface area contributed by atoms with Crippen molar-refractivity contribution >= 4 is 10.8 Å². The molecule has 0 aromatic rings. The van der Waals surface area contributed by atoms with Crippen molar-refractivity contribution in [2.75, 3.05) is 11.5 Å². The van der Waals surface area contributed by atoms with Crippen molar-refractivity contribution in [3.05, 3.63) is 0 Å². The van der Waals surface area contributed by atoms with Gasteiger partial charge in [0, 0.05) is 28.3 Å². The van der Waals surface area contributed by atoms with Crippen LogP contribution in [0.5, 0.6) is 0 Å². The van der Waals surface area contributed by atoms with Crippen molar-refractivity contribution in [3.63, 3.8) is 0 Å². The molecule has 3 unspecified atom stereocenters. The summed E-state index contributed by atoms with van der Waals surface area (Å²) in [6.45, 7) is 4.25. The van der Waals surface area contributed by atoms with Gasteiger partial charge in [-0.05, 0) is 31.1 Å². The minimum absolute atomic E-state index is 0.381. The van der Waals surface area contributed by atoms with E-state index in [1.165, 1.54) is 19.3 Å². The molecular weight excluding hydrogens is 194 g/mol. The molecule has 0 aromatic heterocycles. The van der Waals surface area contributed by atoms with Crippen molar-refractivity contribution in [3.8, 4) is 0 Å². The predicted octanol–water partition coefficient (Wildman–Crippen LogP) is 1.91. The standard InChI is InChI=1S/C11H23NOS/c1-9(2)8-14(13)7-6-10-4-3-5-11(10)12/h9-11H,3-8,12H2,1-2H3. The smallest absolute Gasteiger partial charge is 0.0257 e. The van der Waals surface area contributed by atoms with Crippen LogP contribution in [0.15, 0.2) is 0 Å². The van der Waals surface area contributed by atoms with Crippen LogP contribution >= 0.6 is 0 Å². The lowest BCUT2D eigenvalue weighted by atomic mass is 10.0. The van der Waals surface area contributed by atoms with E-state index in [1.54, 1.807) is 0 Å². The van der Waals surface area contributed by atoms with Gasteiger partial charge in [-0.3, -0.25) is 4.21 Å². The molecule has 2 N–H and O–H groups in total. The number of hydrogen-bond donors (Lipinski definition) is 1. The molecule has 1 rings (SSSR count). The fourth-order valence-electron chi connectivity index (χ4n) is 2.16.